The molecule has 1 heterocycles. The maximum absolute atomic E-state index is 9.49. The van der Waals surface area contributed by atoms with Gasteiger partial charge in [-0.1, -0.05) is 36.4 Å². The van der Waals surface area contributed by atoms with Crippen LogP contribution >= 0.6 is 0 Å². The number of benzene rings is 2. The number of aliphatic hydroxyl groups is 1. The molecule has 21 heavy (non-hydrogen) atoms. The first-order chi connectivity index (χ1) is 10.2. The molecular formula is C18H17NO2. The zero-order valence-corrected chi connectivity index (χ0v) is 11.9. The van der Waals surface area contributed by atoms with Crippen LogP contribution in [-0.2, 0) is 6.61 Å². The highest BCUT2D eigenvalue weighted by atomic mass is 16.5. The van der Waals surface area contributed by atoms with Gasteiger partial charge in [0.15, 0.2) is 0 Å². The predicted octanol–water partition coefficient (Wildman–Crippen LogP) is 3.87. The Hall–Kier alpha value is -2.39. The van der Waals surface area contributed by atoms with Gasteiger partial charge in [-0.15, -0.1) is 0 Å². The minimum atomic E-state index is -0.457. The Bertz CT molecular complexity index is 730. The van der Waals surface area contributed by atoms with Gasteiger partial charge < -0.3 is 9.84 Å². The molecule has 3 rings (SSSR count). The quantitative estimate of drug-likeness (QED) is 0.788. The summed E-state index contributed by atoms with van der Waals surface area (Å²) in [6.45, 7) is 2.22. The molecule has 0 saturated heterocycles. The van der Waals surface area contributed by atoms with Gasteiger partial charge in [-0.05, 0) is 30.7 Å². The van der Waals surface area contributed by atoms with Crippen LogP contribution in [0.25, 0.3) is 10.9 Å². The average molecular weight is 279 g/mol. The van der Waals surface area contributed by atoms with Crippen LogP contribution in [-0.4, -0.2) is 10.1 Å². The summed E-state index contributed by atoms with van der Waals surface area (Å²) in [6.07, 6.45) is 1.34. The van der Waals surface area contributed by atoms with Crippen molar-refractivity contribution in [2.24, 2.45) is 0 Å². The van der Waals surface area contributed by atoms with Gasteiger partial charge in [0.1, 0.15) is 12.4 Å². The van der Waals surface area contributed by atoms with Gasteiger partial charge in [0.2, 0.25) is 0 Å². The van der Waals surface area contributed by atoms with Gasteiger partial charge in [0.05, 0.1) is 11.6 Å². The molecule has 3 heteroatoms. The van der Waals surface area contributed by atoms with E-state index in [0.717, 1.165) is 27.8 Å². The molecular weight excluding hydrogens is 262 g/mol. The fraction of sp³-hybridized carbons (Fsp3) is 0.167. The fourth-order valence-electron chi connectivity index (χ4n) is 2.29. The lowest BCUT2D eigenvalue weighted by molar-refractivity contribution is 0.199. The van der Waals surface area contributed by atoms with E-state index < -0.39 is 6.10 Å². The van der Waals surface area contributed by atoms with E-state index in [-0.39, 0.29) is 0 Å². The van der Waals surface area contributed by atoms with Crippen molar-refractivity contribution in [3.8, 4) is 5.75 Å². The lowest BCUT2D eigenvalue weighted by atomic mass is 10.1. The van der Waals surface area contributed by atoms with Crippen molar-refractivity contribution in [2.45, 2.75) is 19.6 Å². The van der Waals surface area contributed by atoms with E-state index in [1.807, 2.05) is 54.6 Å². The summed E-state index contributed by atoms with van der Waals surface area (Å²) in [7, 11) is 0. The number of ether oxygens (including phenoxy) is 1. The Morgan fingerprint density at radius 3 is 2.57 bits per heavy atom. The van der Waals surface area contributed by atoms with Crippen molar-refractivity contribution in [2.75, 3.05) is 0 Å². The minimum Gasteiger partial charge on any atom is -0.489 e. The third-order valence-electron chi connectivity index (χ3n) is 3.47. The molecule has 0 aliphatic rings. The molecule has 1 atom stereocenters. The Labute approximate surface area is 123 Å². The average Bonchev–Trinajstić information content (AvgIpc) is 2.53. The Morgan fingerprint density at radius 2 is 1.81 bits per heavy atom. The van der Waals surface area contributed by atoms with E-state index in [1.54, 1.807) is 13.1 Å². The minimum absolute atomic E-state index is 0.457. The number of rotatable bonds is 4. The Morgan fingerprint density at radius 1 is 1.05 bits per heavy atom. The van der Waals surface area contributed by atoms with E-state index in [0.29, 0.717) is 6.61 Å². The first kappa shape index (κ1) is 13.6. The van der Waals surface area contributed by atoms with Crippen molar-refractivity contribution in [3.05, 3.63) is 71.9 Å². The number of hydrogen-bond donors (Lipinski definition) is 1. The van der Waals surface area contributed by atoms with Gasteiger partial charge in [0.25, 0.3) is 0 Å². The second-order valence-corrected chi connectivity index (χ2v) is 5.03. The zero-order chi connectivity index (χ0) is 14.7. The number of para-hydroxylation sites is 1. The Kier molecular flexibility index (Phi) is 3.84. The molecule has 1 aromatic heterocycles. The van der Waals surface area contributed by atoms with E-state index in [9.17, 15) is 5.11 Å². The summed E-state index contributed by atoms with van der Waals surface area (Å²) in [5, 5.41) is 10.6. The predicted molar refractivity (Wildman–Crippen MR) is 83.2 cm³/mol. The van der Waals surface area contributed by atoms with Gasteiger partial charge in [-0.2, -0.15) is 0 Å². The SMILES string of the molecule is C[C@H](O)c1ccc(OCc2cccc3cccnc23)cc1. The molecule has 3 nitrogen and oxygen atoms in total. The highest BCUT2D eigenvalue weighted by molar-refractivity contribution is 5.81. The van der Waals surface area contributed by atoms with Crippen LogP contribution in [0.1, 0.15) is 24.2 Å². The summed E-state index contributed by atoms with van der Waals surface area (Å²) in [5.74, 6) is 0.785. The molecule has 0 unspecified atom stereocenters. The second kappa shape index (κ2) is 5.94. The molecule has 0 spiro atoms. The van der Waals surface area contributed by atoms with E-state index in [4.69, 9.17) is 4.74 Å². The topological polar surface area (TPSA) is 42.4 Å². The van der Waals surface area contributed by atoms with Crippen LogP contribution in [0.4, 0.5) is 0 Å². The monoisotopic (exact) mass is 279 g/mol. The molecule has 0 radical (unpaired) electrons. The number of aromatic nitrogens is 1. The number of pyridine rings is 1. The van der Waals surface area contributed by atoms with Crippen LogP contribution in [0.15, 0.2) is 60.8 Å². The molecule has 2 aromatic carbocycles. The normalized spacial score (nSPS) is 12.3. The highest BCUT2D eigenvalue weighted by Crippen LogP contribution is 2.20. The van der Waals surface area contributed by atoms with E-state index in [2.05, 4.69) is 4.98 Å². The fourth-order valence-corrected chi connectivity index (χ4v) is 2.29. The molecule has 0 aliphatic carbocycles. The van der Waals surface area contributed by atoms with Gasteiger partial charge in [-0.25, -0.2) is 0 Å². The molecule has 1 N–H and O–H groups in total. The van der Waals surface area contributed by atoms with Crippen molar-refractivity contribution in [1.82, 2.24) is 4.98 Å². The standard InChI is InChI=1S/C18H17NO2/c1-13(20)14-7-9-17(10-8-14)21-12-16-5-2-4-15-6-3-11-19-18(15)16/h2-11,13,20H,12H2,1H3/t13-/m0/s1. The largest absolute Gasteiger partial charge is 0.489 e. The molecule has 3 aromatic rings. The molecule has 0 aliphatic heterocycles. The smallest absolute Gasteiger partial charge is 0.119 e. The number of fused-ring (bicyclic) bond motifs is 1. The van der Waals surface area contributed by atoms with Crippen molar-refractivity contribution in [3.63, 3.8) is 0 Å². The Balaban J connectivity index is 1.77. The number of nitrogens with zero attached hydrogens (tertiary/aromatic N) is 1. The molecule has 0 amide bonds. The molecule has 0 bridgehead atoms. The van der Waals surface area contributed by atoms with Gasteiger partial charge in [0, 0.05) is 17.1 Å². The summed E-state index contributed by atoms with van der Waals surface area (Å²) in [4.78, 5) is 4.42. The lowest BCUT2D eigenvalue weighted by Crippen LogP contribution is -1.98. The van der Waals surface area contributed by atoms with Gasteiger partial charge in [-0.3, -0.25) is 4.98 Å². The summed E-state index contributed by atoms with van der Waals surface area (Å²) in [5.41, 5.74) is 2.92. The lowest BCUT2D eigenvalue weighted by Gasteiger charge is -2.10. The highest BCUT2D eigenvalue weighted by Gasteiger charge is 2.04. The maximum Gasteiger partial charge on any atom is 0.119 e. The maximum atomic E-state index is 9.49. The molecule has 106 valence electrons. The zero-order valence-electron chi connectivity index (χ0n) is 11.9. The summed E-state index contributed by atoms with van der Waals surface area (Å²) in [6, 6.07) is 17.6. The first-order valence-corrected chi connectivity index (χ1v) is 6.97. The molecule has 0 fully saturated rings. The van der Waals surface area contributed by atoms with Crippen LogP contribution in [0.5, 0.6) is 5.75 Å². The van der Waals surface area contributed by atoms with E-state index >= 15 is 0 Å². The van der Waals surface area contributed by atoms with Crippen molar-refractivity contribution in [1.29, 1.82) is 0 Å². The first-order valence-electron chi connectivity index (χ1n) is 6.97. The summed E-state index contributed by atoms with van der Waals surface area (Å²) >= 11 is 0. The van der Waals surface area contributed by atoms with Crippen molar-refractivity contribution >= 4 is 10.9 Å². The van der Waals surface area contributed by atoms with Crippen LogP contribution in [0.2, 0.25) is 0 Å². The van der Waals surface area contributed by atoms with Crippen LogP contribution in [0.3, 0.4) is 0 Å². The molecule has 0 saturated carbocycles. The third-order valence-corrected chi connectivity index (χ3v) is 3.47. The van der Waals surface area contributed by atoms with Crippen LogP contribution in [0, 0.1) is 0 Å². The van der Waals surface area contributed by atoms with Gasteiger partial charge >= 0.3 is 0 Å². The summed E-state index contributed by atoms with van der Waals surface area (Å²) < 4.78 is 5.81. The third kappa shape index (κ3) is 3.03. The number of aliphatic hydroxyl groups excluding tert-OH is 1. The second-order valence-electron chi connectivity index (χ2n) is 5.03. The number of hydrogen-bond acceptors (Lipinski definition) is 3. The van der Waals surface area contributed by atoms with Crippen LogP contribution < -0.4 is 4.74 Å². The van der Waals surface area contributed by atoms with Crippen molar-refractivity contribution < 1.29 is 9.84 Å². The van der Waals surface area contributed by atoms with E-state index in [1.165, 1.54) is 0 Å².